The molecule has 138 valence electrons. The average molecular weight is 483 g/mol. The van der Waals surface area contributed by atoms with Gasteiger partial charge in [0.1, 0.15) is 6.33 Å². The highest BCUT2D eigenvalue weighted by Gasteiger charge is 2.06. The Morgan fingerprint density at radius 3 is 2.69 bits per heavy atom. The number of aliphatic imine (C=N–C) groups is 1. The molecule has 0 bridgehead atoms. The number of benzene rings is 1. The molecule has 7 nitrogen and oxygen atoms in total. The van der Waals surface area contributed by atoms with Crippen molar-refractivity contribution in [3.63, 3.8) is 0 Å². The smallest absolute Gasteiger partial charge is 0.191 e. The van der Waals surface area contributed by atoms with Crippen LogP contribution < -0.4 is 10.6 Å². The van der Waals surface area contributed by atoms with E-state index in [0.717, 1.165) is 40.2 Å². The van der Waals surface area contributed by atoms with E-state index in [1.165, 1.54) is 11.2 Å². The summed E-state index contributed by atoms with van der Waals surface area (Å²) in [5.74, 6) is 1.52. The van der Waals surface area contributed by atoms with E-state index in [2.05, 4.69) is 47.9 Å². The summed E-state index contributed by atoms with van der Waals surface area (Å²) in [5, 5.41) is 14.5. The number of thiazole rings is 1. The van der Waals surface area contributed by atoms with Crippen molar-refractivity contribution in [2.24, 2.45) is 4.99 Å². The molecule has 3 N–H and O–H groups in total. The Morgan fingerprint density at radius 2 is 2.04 bits per heavy atom. The average Bonchev–Trinajstić information content (AvgIpc) is 3.25. The third-order valence-electron chi connectivity index (χ3n) is 3.71. The van der Waals surface area contributed by atoms with Crippen LogP contribution in [0.1, 0.15) is 21.1 Å². The van der Waals surface area contributed by atoms with Crippen molar-refractivity contribution in [2.45, 2.75) is 26.9 Å². The number of nitrogens with one attached hydrogen (secondary N) is 3. The Balaban J connectivity index is 0.00000243. The fourth-order valence-electron chi connectivity index (χ4n) is 2.48. The molecule has 0 aliphatic rings. The fraction of sp³-hybridized carbons (Fsp3) is 0.294. The zero-order valence-corrected chi connectivity index (χ0v) is 18.1. The fourth-order valence-corrected chi connectivity index (χ4v) is 3.36. The molecule has 0 aliphatic heterocycles. The zero-order valence-electron chi connectivity index (χ0n) is 14.9. The first-order chi connectivity index (χ1) is 12.2. The van der Waals surface area contributed by atoms with E-state index in [1.807, 2.05) is 26.0 Å². The largest absolute Gasteiger partial charge is 0.352 e. The molecule has 0 saturated heterocycles. The maximum Gasteiger partial charge on any atom is 0.191 e. The minimum absolute atomic E-state index is 0. The van der Waals surface area contributed by atoms with Gasteiger partial charge in [-0.05, 0) is 25.5 Å². The first kappa shape index (κ1) is 20.3. The number of nitrogens with zero attached hydrogens (tertiary/aromatic N) is 4. The van der Waals surface area contributed by atoms with Crippen molar-refractivity contribution in [3.05, 3.63) is 51.7 Å². The van der Waals surface area contributed by atoms with E-state index < -0.39 is 0 Å². The summed E-state index contributed by atoms with van der Waals surface area (Å²) < 4.78 is 0. The van der Waals surface area contributed by atoms with Gasteiger partial charge in [-0.3, -0.25) is 10.1 Å². The first-order valence-electron chi connectivity index (χ1n) is 7.98. The van der Waals surface area contributed by atoms with Crippen molar-refractivity contribution in [1.29, 1.82) is 0 Å². The van der Waals surface area contributed by atoms with Crippen LogP contribution in [0.15, 0.2) is 35.6 Å². The number of rotatable bonds is 5. The monoisotopic (exact) mass is 483 g/mol. The Hall–Kier alpha value is -2.01. The number of halogens is 1. The summed E-state index contributed by atoms with van der Waals surface area (Å²) in [6.07, 6.45) is 1.51. The molecule has 3 aromatic rings. The molecule has 26 heavy (non-hydrogen) atoms. The van der Waals surface area contributed by atoms with Gasteiger partial charge in [-0.2, -0.15) is 5.10 Å². The zero-order chi connectivity index (χ0) is 17.6. The topological polar surface area (TPSA) is 90.9 Å². The van der Waals surface area contributed by atoms with Crippen LogP contribution in [0.2, 0.25) is 0 Å². The van der Waals surface area contributed by atoms with Gasteiger partial charge in [-0.15, -0.1) is 35.3 Å². The molecule has 0 atom stereocenters. The summed E-state index contributed by atoms with van der Waals surface area (Å²) in [5.41, 5.74) is 3.22. The van der Waals surface area contributed by atoms with Crippen molar-refractivity contribution >= 4 is 41.3 Å². The highest BCUT2D eigenvalue weighted by Crippen LogP contribution is 2.17. The van der Waals surface area contributed by atoms with E-state index in [9.17, 15) is 0 Å². The molecule has 2 aromatic heterocycles. The number of aromatic nitrogens is 4. The second kappa shape index (κ2) is 9.62. The van der Waals surface area contributed by atoms with E-state index in [0.29, 0.717) is 6.54 Å². The molecule has 0 unspecified atom stereocenters. The Morgan fingerprint density at radius 1 is 1.23 bits per heavy atom. The predicted octanol–water partition coefficient (Wildman–Crippen LogP) is 3.03. The molecule has 0 fully saturated rings. The van der Waals surface area contributed by atoms with Crippen molar-refractivity contribution < 1.29 is 0 Å². The van der Waals surface area contributed by atoms with Gasteiger partial charge in [0.25, 0.3) is 0 Å². The quantitative estimate of drug-likeness (QED) is 0.295. The van der Waals surface area contributed by atoms with E-state index in [4.69, 9.17) is 0 Å². The summed E-state index contributed by atoms with van der Waals surface area (Å²) in [6.45, 7) is 5.44. The molecule has 2 heterocycles. The van der Waals surface area contributed by atoms with Crippen LogP contribution in [0.4, 0.5) is 0 Å². The van der Waals surface area contributed by atoms with E-state index >= 15 is 0 Å². The lowest BCUT2D eigenvalue weighted by Crippen LogP contribution is -2.36. The maximum atomic E-state index is 4.45. The standard InChI is InChI=1S/C17H21N7S.HI/c1-11-15(25-12(2)23-11)9-20-17(18-3)19-8-13-5-4-6-14(7-13)16-21-10-22-24-16;/h4-7,10H,8-9H2,1-3H3,(H2,18,19,20)(H,21,22,24);1H. The lowest BCUT2D eigenvalue weighted by atomic mass is 10.1. The number of hydrogen-bond donors (Lipinski definition) is 3. The van der Waals surface area contributed by atoms with Crippen molar-refractivity contribution in [1.82, 2.24) is 30.8 Å². The molecule has 0 amide bonds. The summed E-state index contributed by atoms with van der Waals surface area (Å²) in [4.78, 5) is 14.1. The second-order valence-electron chi connectivity index (χ2n) is 5.56. The predicted molar refractivity (Wildman–Crippen MR) is 116 cm³/mol. The van der Waals surface area contributed by atoms with Gasteiger partial charge in [0.15, 0.2) is 11.8 Å². The third kappa shape index (κ3) is 5.24. The third-order valence-corrected chi connectivity index (χ3v) is 4.79. The molecular weight excluding hydrogens is 461 g/mol. The molecule has 0 aliphatic carbocycles. The highest BCUT2D eigenvalue weighted by atomic mass is 127. The van der Waals surface area contributed by atoms with Crippen molar-refractivity contribution in [3.8, 4) is 11.4 Å². The lowest BCUT2D eigenvalue weighted by molar-refractivity contribution is 0.811. The van der Waals surface area contributed by atoms with Gasteiger partial charge < -0.3 is 10.6 Å². The maximum absolute atomic E-state index is 4.45. The molecule has 1 aromatic carbocycles. The first-order valence-corrected chi connectivity index (χ1v) is 8.79. The normalized spacial score (nSPS) is 11.1. The van der Waals surface area contributed by atoms with Crippen molar-refractivity contribution in [2.75, 3.05) is 7.05 Å². The van der Waals surface area contributed by atoms with Crippen LogP contribution in [0.25, 0.3) is 11.4 Å². The molecule has 9 heteroatoms. The Bertz CT molecular complexity index is 858. The van der Waals surface area contributed by atoms with Crippen LogP contribution in [-0.4, -0.2) is 33.2 Å². The van der Waals surface area contributed by atoms with Crippen LogP contribution in [-0.2, 0) is 13.1 Å². The highest BCUT2D eigenvalue weighted by molar-refractivity contribution is 14.0. The minimum Gasteiger partial charge on any atom is -0.352 e. The van der Waals surface area contributed by atoms with Crippen LogP contribution in [0, 0.1) is 13.8 Å². The van der Waals surface area contributed by atoms with Crippen LogP contribution in [0.3, 0.4) is 0 Å². The van der Waals surface area contributed by atoms with Gasteiger partial charge in [0.05, 0.1) is 17.2 Å². The van der Waals surface area contributed by atoms with E-state index in [1.54, 1.807) is 18.4 Å². The summed E-state index contributed by atoms with van der Waals surface area (Å²) >= 11 is 1.71. The molecule has 3 rings (SSSR count). The Labute approximate surface area is 173 Å². The lowest BCUT2D eigenvalue weighted by Gasteiger charge is -2.12. The SMILES string of the molecule is CN=C(NCc1cccc(-c2ncn[nH]2)c1)NCc1sc(C)nc1C.I. The molecular formula is C17H22IN7S. The van der Waals surface area contributed by atoms with E-state index in [-0.39, 0.29) is 24.0 Å². The van der Waals surface area contributed by atoms with Crippen LogP contribution in [0.5, 0.6) is 0 Å². The van der Waals surface area contributed by atoms with Crippen LogP contribution >= 0.6 is 35.3 Å². The van der Waals surface area contributed by atoms with Gasteiger partial charge in [0, 0.05) is 24.0 Å². The van der Waals surface area contributed by atoms with Gasteiger partial charge in [-0.25, -0.2) is 9.97 Å². The molecule has 0 radical (unpaired) electrons. The number of aryl methyl sites for hydroxylation is 2. The second-order valence-corrected chi connectivity index (χ2v) is 6.84. The number of hydrogen-bond acceptors (Lipinski definition) is 5. The Kier molecular flexibility index (Phi) is 7.51. The number of guanidine groups is 1. The summed E-state index contributed by atoms with van der Waals surface area (Å²) in [6, 6.07) is 8.16. The minimum atomic E-state index is 0. The van der Waals surface area contributed by atoms with Gasteiger partial charge in [0.2, 0.25) is 0 Å². The summed E-state index contributed by atoms with van der Waals surface area (Å²) in [7, 11) is 1.77. The number of H-pyrrole nitrogens is 1. The molecule has 0 saturated carbocycles. The van der Waals surface area contributed by atoms with Gasteiger partial charge in [-0.1, -0.05) is 18.2 Å². The van der Waals surface area contributed by atoms with Gasteiger partial charge >= 0.3 is 0 Å². The molecule has 0 spiro atoms. The number of aromatic amines is 1.